The van der Waals surface area contributed by atoms with E-state index in [9.17, 15) is 17.6 Å². The summed E-state index contributed by atoms with van der Waals surface area (Å²) in [4.78, 5) is 19.2. The first-order valence-corrected chi connectivity index (χ1v) is 7.56. The van der Waals surface area contributed by atoms with Crippen LogP contribution in [0.3, 0.4) is 0 Å². The molecule has 0 aliphatic carbocycles. The molecule has 0 aliphatic heterocycles. The van der Waals surface area contributed by atoms with Gasteiger partial charge in [-0.05, 0) is 13.0 Å². The van der Waals surface area contributed by atoms with Crippen LogP contribution in [0.15, 0.2) is 22.7 Å². The number of nitrogens with two attached hydrogens (primary N) is 1. The van der Waals surface area contributed by atoms with Gasteiger partial charge in [0.15, 0.2) is 9.34 Å². The van der Waals surface area contributed by atoms with Gasteiger partial charge in [-0.15, -0.1) is 0 Å². The summed E-state index contributed by atoms with van der Waals surface area (Å²) in [5.74, 6) is -1.30. The normalized spacial score (nSPS) is 11.3. The molecule has 2 heterocycles. The van der Waals surface area contributed by atoms with Gasteiger partial charge in [0.1, 0.15) is 5.82 Å². The standard InChI is InChI=1S/C10H9FN4O3S2/c1-5-9(20(12,17)18)19-10(14-5)15-8(16)6-2-7(11)4-13-3-6/h2-4H,1H3,(H2,12,17,18)(H,14,15,16). The summed E-state index contributed by atoms with van der Waals surface area (Å²) in [5, 5.41) is 7.42. The van der Waals surface area contributed by atoms with Crippen LogP contribution in [0.25, 0.3) is 0 Å². The van der Waals surface area contributed by atoms with E-state index >= 15 is 0 Å². The van der Waals surface area contributed by atoms with E-state index < -0.39 is 21.7 Å². The number of carbonyl (C=O) groups is 1. The number of halogens is 1. The molecule has 106 valence electrons. The average molecular weight is 316 g/mol. The molecule has 0 saturated carbocycles. The molecule has 0 radical (unpaired) electrons. The Bertz CT molecular complexity index is 773. The Morgan fingerprint density at radius 3 is 2.70 bits per heavy atom. The topological polar surface area (TPSA) is 115 Å². The summed E-state index contributed by atoms with van der Waals surface area (Å²) in [6, 6.07) is 1.00. The molecule has 0 saturated heterocycles. The van der Waals surface area contributed by atoms with E-state index in [0.29, 0.717) is 0 Å². The second kappa shape index (κ2) is 5.23. The molecule has 0 aromatic carbocycles. The molecule has 0 bridgehead atoms. The smallest absolute Gasteiger partial charge is 0.259 e. The van der Waals surface area contributed by atoms with Gasteiger partial charge in [-0.25, -0.2) is 22.9 Å². The van der Waals surface area contributed by atoms with Crippen LogP contribution in [0.1, 0.15) is 16.1 Å². The van der Waals surface area contributed by atoms with E-state index in [0.717, 1.165) is 23.6 Å². The summed E-state index contributed by atoms with van der Waals surface area (Å²) >= 11 is 0.723. The van der Waals surface area contributed by atoms with E-state index in [-0.39, 0.29) is 20.6 Å². The number of nitrogens with one attached hydrogen (secondary N) is 1. The molecular weight excluding hydrogens is 307 g/mol. The Kier molecular flexibility index (Phi) is 3.79. The third-order valence-corrected chi connectivity index (χ3v) is 4.83. The zero-order chi connectivity index (χ0) is 14.9. The Balaban J connectivity index is 2.25. The zero-order valence-electron chi connectivity index (χ0n) is 10.1. The molecule has 3 N–H and O–H groups in total. The van der Waals surface area contributed by atoms with Crippen LogP contribution in [0.4, 0.5) is 9.52 Å². The van der Waals surface area contributed by atoms with Crippen molar-refractivity contribution in [1.29, 1.82) is 0 Å². The molecule has 7 nitrogen and oxygen atoms in total. The van der Waals surface area contributed by atoms with Gasteiger partial charge in [-0.2, -0.15) is 0 Å². The highest BCUT2D eigenvalue weighted by Gasteiger charge is 2.19. The Morgan fingerprint density at radius 1 is 1.45 bits per heavy atom. The van der Waals surface area contributed by atoms with Gasteiger partial charge in [-0.3, -0.25) is 15.1 Å². The number of aromatic nitrogens is 2. The lowest BCUT2D eigenvalue weighted by atomic mass is 10.3. The third-order valence-electron chi connectivity index (χ3n) is 2.20. The summed E-state index contributed by atoms with van der Waals surface area (Å²) in [6.07, 6.45) is 2.14. The highest BCUT2D eigenvalue weighted by atomic mass is 32.2. The number of rotatable bonds is 3. The van der Waals surface area contributed by atoms with Gasteiger partial charge in [0.05, 0.1) is 17.5 Å². The number of pyridine rings is 1. The van der Waals surface area contributed by atoms with Crippen LogP contribution in [0.5, 0.6) is 0 Å². The molecule has 0 aliphatic rings. The molecule has 0 fully saturated rings. The fourth-order valence-corrected chi connectivity index (χ4v) is 3.26. The van der Waals surface area contributed by atoms with Crippen molar-refractivity contribution in [3.05, 3.63) is 35.5 Å². The van der Waals surface area contributed by atoms with Gasteiger partial charge in [-0.1, -0.05) is 11.3 Å². The number of anilines is 1. The van der Waals surface area contributed by atoms with Crippen molar-refractivity contribution in [2.45, 2.75) is 11.1 Å². The fraction of sp³-hybridized carbons (Fsp3) is 0.100. The van der Waals surface area contributed by atoms with E-state index in [1.165, 1.54) is 13.1 Å². The van der Waals surface area contributed by atoms with Crippen molar-refractivity contribution in [3.8, 4) is 0 Å². The van der Waals surface area contributed by atoms with Crippen LogP contribution >= 0.6 is 11.3 Å². The first-order chi connectivity index (χ1) is 9.27. The first kappa shape index (κ1) is 14.5. The van der Waals surface area contributed by atoms with Crippen molar-refractivity contribution >= 4 is 32.4 Å². The van der Waals surface area contributed by atoms with E-state index in [2.05, 4.69) is 15.3 Å². The minimum atomic E-state index is -3.89. The van der Waals surface area contributed by atoms with Crippen molar-refractivity contribution < 1.29 is 17.6 Å². The highest BCUT2D eigenvalue weighted by molar-refractivity contribution is 7.91. The van der Waals surface area contributed by atoms with Crippen LogP contribution in [-0.2, 0) is 10.0 Å². The van der Waals surface area contributed by atoms with E-state index in [1.807, 2.05) is 0 Å². The van der Waals surface area contributed by atoms with Crippen molar-refractivity contribution in [3.63, 3.8) is 0 Å². The molecule has 2 rings (SSSR count). The molecule has 0 unspecified atom stereocenters. The number of thiazole rings is 1. The summed E-state index contributed by atoms with van der Waals surface area (Å²) in [7, 11) is -3.89. The highest BCUT2D eigenvalue weighted by Crippen LogP contribution is 2.26. The molecule has 0 spiro atoms. The summed E-state index contributed by atoms with van der Waals surface area (Å²) < 4.78 is 35.3. The van der Waals surface area contributed by atoms with Gasteiger partial charge >= 0.3 is 0 Å². The SMILES string of the molecule is Cc1nc(NC(=O)c2cncc(F)c2)sc1S(N)(=O)=O. The van der Waals surface area contributed by atoms with Crippen LogP contribution in [-0.4, -0.2) is 24.3 Å². The number of primary sulfonamides is 1. The van der Waals surface area contributed by atoms with Gasteiger partial charge in [0, 0.05) is 6.20 Å². The lowest BCUT2D eigenvalue weighted by Crippen LogP contribution is -2.12. The number of amides is 1. The Hall–Kier alpha value is -1.91. The van der Waals surface area contributed by atoms with Crippen molar-refractivity contribution in [2.24, 2.45) is 5.14 Å². The number of hydrogen-bond donors (Lipinski definition) is 2. The maximum absolute atomic E-state index is 12.9. The maximum atomic E-state index is 12.9. The first-order valence-electron chi connectivity index (χ1n) is 5.19. The predicted octanol–water partition coefficient (Wildman–Crippen LogP) is 0.885. The number of hydrogen-bond acceptors (Lipinski definition) is 6. The quantitative estimate of drug-likeness (QED) is 0.872. The summed E-state index contributed by atoms with van der Waals surface area (Å²) in [6.45, 7) is 1.45. The minimum Gasteiger partial charge on any atom is -0.298 e. The maximum Gasteiger partial charge on any atom is 0.259 e. The predicted molar refractivity (Wildman–Crippen MR) is 70.4 cm³/mol. The second-order valence-electron chi connectivity index (χ2n) is 3.78. The van der Waals surface area contributed by atoms with Crippen LogP contribution in [0, 0.1) is 12.7 Å². The number of nitrogens with zero attached hydrogens (tertiary/aromatic N) is 2. The van der Waals surface area contributed by atoms with Gasteiger partial charge in [0.2, 0.25) is 10.0 Å². The number of sulfonamides is 1. The third kappa shape index (κ3) is 3.15. The number of carbonyl (C=O) groups excluding carboxylic acids is 1. The molecular formula is C10H9FN4O3S2. The molecule has 20 heavy (non-hydrogen) atoms. The molecule has 2 aromatic heterocycles. The Labute approximate surface area is 117 Å². The number of aryl methyl sites for hydroxylation is 1. The van der Waals surface area contributed by atoms with Crippen molar-refractivity contribution in [2.75, 3.05) is 5.32 Å². The molecule has 2 aromatic rings. The van der Waals surface area contributed by atoms with Crippen LogP contribution in [0.2, 0.25) is 0 Å². The zero-order valence-corrected chi connectivity index (χ0v) is 11.8. The average Bonchev–Trinajstić information content (AvgIpc) is 2.70. The largest absolute Gasteiger partial charge is 0.298 e. The van der Waals surface area contributed by atoms with Crippen molar-refractivity contribution in [1.82, 2.24) is 9.97 Å². The van der Waals surface area contributed by atoms with E-state index in [4.69, 9.17) is 5.14 Å². The summed E-state index contributed by atoms with van der Waals surface area (Å²) in [5.41, 5.74) is 0.181. The minimum absolute atomic E-state index is 0.00462. The monoisotopic (exact) mass is 316 g/mol. The van der Waals surface area contributed by atoms with Gasteiger partial charge in [0.25, 0.3) is 5.91 Å². The Morgan fingerprint density at radius 2 is 2.15 bits per heavy atom. The second-order valence-corrected chi connectivity index (χ2v) is 6.54. The van der Waals surface area contributed by atoms with Crippen LogP contribution < -0.4 is 10.5 Å². The molecule has 0 atom stereocenters. The fourth-order valence-electron chi connectivity index (χ4n) is 1.41. The lowest BCUT2D eigenvalue weighted by molar-refractivity contribution is 0.102. The van der Waals surface area contributed by atoms with Gasteiger partial charge < -0.3 is 0 Å². The lowest BCUT2D eigenvalue weighted by Gasteiger charge is -2.00. The van der Waals surface area contributed by atoms with E-state index in [1.54, 1.807) is 0 Å². The molecule has 1 amide bonds. The molecule has 10 heteroatoms.